The summed E-state index contributed by atoms with van der Waals surface area (Å²) in [6, 6.07) is 9.65. The fourth-order valence-corrected chi connectivity index (χ4v) is 5.34. The van der Waals surface area contributed by atoms with Gasteiger partial charge in [0.15, 0.2) is 0 Å². The Morgan fingerprint density at radius 1 is 1.16 bits per heavy atom. The fraction of sp³-hybridized carbons (Fsp3) is 0.286. The molecule has 0 saturated heterocycles. The Bertz CT molecular complexity index is 1640. The van der Waals surface area contributed by atoms with E-state index < -0.39 is 17.5 Å². The van der Waals surface area contributed by atoms with Gasteiger partial charge < -0.3 is 24.3 Å². The van der Waals surface area contributed by atoms with Crippen molar-refractivity contribution in [3.8, 4) is 11.1 Å². The van der Waals surface area contributed by atoms with Crippen molar-refractivity contribution in [3.63, 3.8) is 0 Å². The van der Waals surface area contributed by atoms with Crippen molar-refractivity contribution in [2.24, 2.45) is 0 Å². The molecule has 194 valence electrons. The van der Waals surface area contributed by atoms with Crippen molar-refractivity contribution in [1.29, 1.82) is 0 Å². The van der Waals surface area contributed by atoms with Crippen molar-refractivity contribution >= 4 is 34.7 Å². The van der Waals surface area contributed by atoms with Gasteiger partial charge >= 0.3 is 0 Å². The highest BCUT2D eigenvalue weighted by atomic mass is 35.5. The number of pyridine rings is 2. The molecule has 6 rings (SSSR count). The van der Waals surface area contributed by atoms with Crippen molar-refractivity contribution in [3.05, 3.63) is 87.7 Å². The van der Waals surface area contributed by atoms with Gasteiger partial charge in [-0.1, -0.05) is 17.7 Å². The van der Waals surface area contributed by atoms with Crippen molar-refractivity contribution in [1.82, 2.24) is 19.3 Å². The number of carbonyl (C=O) groups is 2. The maximum absolute atomic E-state index is 13.5. The quantitative estimate of drug-likeness (QED) is 0.393. The number of fused-ring (bicyclic) bond motifs is 4. The molecular formula is C28H26ClN5O4. The molecule has 2 aliphatic rings. The monoisotopic (exact) mass is 531 g/mol. The van der Waals surface area contributed by atoms with Crippen LogP contribution in [-0.2, 0) is 16.0 Å². The van der Waals surface area contributed by atoms with E-state index in [0.29, 0.717) is 28.3 Å². The van der Waals surface area contributed by atoms with Crippen LogP contribution in [0.3, 0.4) is 0 Å². The summed E-state index contributed by atoms with van der Waals surface area (Å²) in [6.45, 7) is 0.246. The molecule has 2 N–H and O–H groups in total. The summed E-state index contributed by atoms with van der Waals surface area (Å²) in [5.41, 5.74) is 3.24. The van der Waals surface area contributed by atoms with E-state index in [1.54, 1.807) is 41.2 Å². The van der Waals surface area contributed by atoms with Crippen molar-refractivity contribution in [2.45, 2.75) is 37.3 Å². The largest absolute Gasteiger partial charge is 0.385 e. The van der Waals surface area contributed by atoms with E-state index in [0.717, 1.165) is 29.6 Å². The van der Waals surface area contributed by atoms with Gasteiger partial charge in [-0.15, -0.1) is 0 Å². The van der Waals surface area contributed by atoms with E-state index >= 15 is 0 Å². The number of rotatable bonds is 6. The molecule has 1 atom stereocenters. The maximum Gasteiger partial charge on any atom is 0.253 e. The fourth-order valence-electron chi connectivity index (χ4n) is 5.16. The Kier molecular flexibility index (Phi) is 6.04. The highest BCUT2D eigenvalue weighted by Gasteiger charge is 2.46. The first-order valence-corrected chi connectivity index (χ1v) is 12.8. The third kappa shape index (κ3) is 4.48. The zero-order valence-corrected chi connectivity index (χ0v) is 21.5. The molecule has 1 unspecified atom stereocenters. The van der Waals surface area contributed by atoms with E-state index in [1.165, 1.54) is 23.9 Å². The lowest BCUT2D eigenvalue weighted by molar-refractivity contribution is -0.119. The number of carbonyl (C=O) groups excluding carboxylic acids is 2. The smallest absolute Gasteiger partial charge is 0.253 e. The van der Waals surface area contributed by atoms with Crippen LogP contribution in [0, 0.1) is 0 Å². The molecule has 9 nitrogen and oxygen atoms in total. The van der Waals surface area contributed by atoms with Crippen molar-refractivity contribution < 1.29 is 14.3 Å². The molecule has 38 heavy (non-hydrogen) atoms. The second-order valence-electron chi connectivity index (χ2n) is 9.96. The summed E-state index contributed by atoms with van der Waals surface area (Å²) in [7, 11) is 1.54. The standard InChI is InChI=1S/C28H26ClN5O4/c1-38-11-6-23(27(37)31-19-4-5-24-30-9-10-33(24)15-19)34-16-22-21(13-25(34)35)20-12-18(29)3-2-17(20)14-28(7-8-28)32-26(22)36/h2-5,9-10,12-13,15-16,23H,6-8,11,14H2,1H3,(H,31,37)(H,32,36). The zero-order chi connectivity index (χ0) is 26.4. The second kappa shape index (κ2) is 9.41. The average Bonchev–Trinajstić information content (AvgIpc) is 3.48. The van der Waals surface area contributed by atoms with Crippen LogP contribution in [0.4, 0.5) is 5.69 Å². The third-order valence-corrected chi connectivity index (χ3v) is 7.57. The average molecular weight is 532 g/mol. The Balaban J connectivity index is 1.42. The lowest BCUT2D eigenvalue weighted by atomic mass is 9.89. The Hall–Kier alpha value is -3.95. The predicted octanol–water partition coefficient (Wildman–Crippen LogP) is 3.85. The number of nitrogens with one attached hydrogen (secondary N) is 2. The van der Waals surface area contributed by atoms with Gasteiger partial charge in [0.05, 0.1) is 11.3 Å². The zero-order valence-electron chi connectivity index (χ0n) is 20.7. The number of methoxy groups -OCH3 is 1. The van der Waals surface area contributed by atoms with Gasteiger partial charge in [0.2, 0.25) is 5.91 Å². The minimum atomic E-state index is -0.904. The molecule has 1 aliphatic heterocycles. The van der Waals surface area contributed by atoms with Gasteiger partial charge in [0.1, 0.15) is 11.7 Å². The molecule has 1 saturated carbocycles. The van der Waals surface area contributed by atoms with E-state index in [9.17, 15) is 14.4 Å². The van der Waals surface area contributed by atoms with Crippen molar-refractivity contribution in [2.75, 3.05) is 19.0 Å². The molecular weight excluding hydrogens is 506 g/mol. The highest BCUT2D eigenvalue weighted by molar-refractivity contribution is 6.31. The normalized spacial score (nSPS) is 16.2. The second-order valence-corrected chi connectivity index (χ2v) is 10.4. The number of benzene rings is 1. The molecule has 0 bridgehead atoms. The highest BCUT2D eigenvalue weighted by Crippen LogP contribution is 2.43. The van der Waals surface area contributed by atoms with E-state index in [2.05, 4.69) is 15.6 Å². The van der Waals surface area contributed by atoms with Gasteiger partial charge in [-0.2, -0.15) is 0 Å². The van der Waals surface area contributed by atoms with Gasteiger partial charge in [0, 0.05) is 67.1 Å². The number of hydrogen-bond donors (Lipinski definition) is 2. The molecule has 1 fully saturated rings. The van der Waals surface area contributed by atoms with Gasteiger partial charge in [-0.05, 0) is 54.7 Å². The van der Waals surface area contributed by atoms with Crippen LogP contribution in [0.5, 0.6) is 0 Å². The summed E-state index contributed by atoms with van der Waals surface area (Å²) >= 11 is 6.33. The van der Waals surface area contributed by atoms with Crippen LogP contribution in [0.15, 0.2) is 66.0 Å². The number of amides is 2. The number of nitrogens with zero attached hydrogens (tertiary/aromatic N) is 3. The lowest BCUT2D eigenvalue weighted by Gasteiger charge is -2.26. The summed E-state index contributed by atoms with van der Waals surface area (Å²) in [5.74, 6) is -0.662. The minimum Gasteiger partial charge on any atom is -0.385 e. The van der Waals surface area contributed by atoms with E-state index in [1.807, 2.05) is 12.1 Å². The number of halogens is 1. The number of hydrogen-bond acceptors (Lipinski definition) is 5. The van der Waals surface area contributed by atoms with Crippen LogP contribution in [0.2, 0.25) is 5.02 Å². The molecule has 1 aromatic carbocycles. The molecule has 3 aromatic heterocycles. The number of aromatic nitrogens is 3. The Labute approximate surface area is 223 Å². The summed E-state index contributed by atoms with van der Waals surface area (Å²) in [6.07, 6.45) is 9.38. The Morgan fingerprint density at radius 3 is 2.79 bits per heavy atom. The maximum atomic E-state index is 13.5. The summed E-state index contributed by atoms with van der Waals surface area (Å²) < 4.78 is 8.36. The molecule has 2 amide bonds. The first kappa shape index (κ1) is 24.4. The SMILES string of the molecule is COCCC(C(=O)Nc1ccc2nccn2c1)n1cc2c(cc1=O)-c1cc(Cl)ccc1CC1(CC1)NC2=O. The molecule has 0 radical (unpaired) electrons. The van der Waals surface area contributed by atoms with E-state index in [-0.39, 0.29) is 24.5 Å². The molecule has 4 heterocycles. The van der Waals surface area contributed by atoms with Crippen LogP contribution in [0.1, 0.15) is 41.2 Å². The summed E-state index contributed by atoms with van der Waals surface area (Å²) in [5, 5.41) is 6.59. The number of ether oxygens (including phenoxy) is 1. The molecule has 10 heteroatoms. The Morgan fingerprint density at radius 2 is 2.00 bits per heavy atom. The van der Waals surface area contributed by atoms with Crippen LogP contribution in [-0.4, -0.2) is 45.0 Å². The third-order valence-electron chi connectivity index (χ3n) is 7.34. The first-order valence-electron chi connectivity index (χ1n) is 12.5. The van der Waals surface area contributed by atoms with Gasteiger partial charge in [-0.3, -0.25) is 14.4 Å². The molecule has 4 aromatic rings. The van der Waals surface area contributed by atoms with Crippen LogP contribution < -0.4 is 16.2 Å². The summed E-state index contributed by atoms with van der Waals surface area (Å²) in [4.78, 5) is 44.7. The first-order chi connectivity index (χ1) is 18.4. The number of anilines is 1. The molecule has 1 spiro atoms. The van der Waals surface area contributed by atoms with Gasteiger partial charge in [0.25, 0.3) is 11.5 Å². The molecule has 1 aliphatic carbocycles. The van der Waals surface area contributed by atoms with Gasteiger partial charge in [-0.25, -0.2) is 4.98 Å². The predicted molar refractivity (Wildman–Crippen MR) is 144 cm³/mol. The number of imidazole rings is 1. The topological polar surface area (TPSA) is 107 Å². The lowest BCUT2D eigenvalue weighted by Crippen LogP contribution is -2.41. The van der Waals surface area contributed by atoms with Crippen LogP contribution in [0.25, 0.3) is 16.8 Å². The van der Waals surface area contributed by atoms with Crippen LogP contribution >= 0.6 is 11.6 Å². The minimum absolute atomic E-state index is 0.238. The van der Waals surface area contributed by atoms with E-state index in [4.69, 9.17) is 16.3 Å².